The van der Waals surface area contributed by atoms with Crippen LogP contribution in [-0.4, -0.2) is 29.6 Å². The Kier molecular flexibility index (Phi) is 7.99. The SMILES string of the molecule is Cc1cc(C)cc(C(=O)N(c2cccnc2)C2CCCN(C(=O)OC(C)C)c3cc(C(F)(F)F)c(C)cc32)c1. The lowest BCUT2D eigenvalue weighted by Gasteiger charge is -2.33. The molecule has 4 rings (SSSR count). The summed E-state index contributed by atoms with van der Waals surface area (Å²) in [4.78, 5) is 34.3. The van der Waals surface area contributed by atoms with E-state index in [2.05, 4.69) is 4.98 Å². The van der Waals surface area contributed by atoms with Gasteiger partial charge in [0.25, 0.3) is 5.91 Å². The molecule has 1 unspecified atom stereocenters. The third kappa shape index (κ3) is 6.08. The number of nitrogens with zero attached hydrogens (tertiary/aromatic N) is 3. The lowest BCUT2D eigenvalue weighted by atomic mass is 9.93. The van der Waals surface area contributed by atoms with Gasteiger partial charge in [0, 0.05) is 18.3 Å². The van der Waals surface area contributed by atoms with Crippen molar-refractivity contribution in [2.45, 2.75) is 65.8 Å². The van der Waals surface area contributed by atoms with Crippen LogP contribution in [0.4, 0.5) is 29.3 Å². The van der Waals surface area contributed by atoms with E-state index in [9.17, 15) is 22.8 Å². The summed E-state index contributed by atoms with van der Waals surface area (Å²) in [6.07, 6.45) is -1.80. The van der Waals surface area contributed by atoms with Crippen LogP contribution in [0.2, 0.25) is 0 Å². The van der Waals surface area contributed by atoms with E-state index in [-0.39, 0.29) is 23.7 Å². The maximum absolute atomic E-state index is 14.2. The number of carbonyl (C=O) groups is 2. The number of aromatic nitrogens is 1. The molecule has 3 aromatic rings. The van der Waals surface area contributed by atoms with Gasteiger partial charge in [-0.15, -0.1) is 0 Å². The molecule has 1 aliphatic rings. The number of benzene rings is 2. The lowest BCUT2D eigenvalue weighted by Crippen LogP contribution is -2.36. The van der Waals surface area contributed by atoms with Crippen molar-refractivity contribution in [2.75, 3.05) is 16.3 Å². The van der Waals surface area contributed by atoms with Gasteiger partial charge in [-0.2, -0.15) is 13.2 Å². The molecular weight excluding hydrogens is 507 g/mol. The molecule has 0 bridgehead atoms. The Morgan fingerprint density at radius 1 is 1.08 bits per heavy atom. The Labute approximate surface area is 226 Å². The zero-order chi connectivity index (χ0) is 28.5. The molecule has 0 radical (unpaired) electrons. The van der Waals surface area contributed by atoms with E-state index >= 15 is 0 Å². The van der Waals surface area contributed by atoms with Crippen LogP contribution in [0.1, 0.15) is 70.9 Å². The van der Waals surface area contributed by atoms with Crippen molar-refractivity contribution in [3.8, 4) is 0 Å². The highest BCUT2D eigenvalue weighted by Crippen LogP contribution is 2.44. The van der Waals surface area contributed by atoms with Gasteiger partial charge in [0.05, 0.1) is 35.3 Å². The Hall–Kier alpha value is -3.88. The van der Waals surface area contributed by atoms with Gasteiger partial charge < -0.3 is 4.74 Å². The minimum absolute atomic E-state index is 0.00955. The van der Waals surface area contributed by atoms with Crippen molar-refractivity contribution in [2.24, 2.45) is 0 Å². The third-order valence-electron chi connectivity index (χ3n) is 6.67. The Balaban J connectivity index is 1.94. The molecule has 0 fully saturated rings. The molecule has 206 valence electrons. The topological polar surface area (TPSA) is 62.7 Å². The number of aryl methyl sites for hydroxylation is 3. The highest BCUT2D eigenvalue weighted by Gasteiger charge is 2.39. The Morgan fingerprint density at radius 2 is 1.77 bits per heavy atom. The van der Waals surface area contributed by atoms with E-state index in [1.54, 1.807) is 55.4 Å². The van der Waals surface area contributed by atoms with Crippen LogP contribution in [0.5, 0.6) is 0 Å². The fraction of sp³-hybridized carbons (Fsp3) is 0.367. The van der Waals surface area contributed by atoms with Crippen molar-refractivity contribution in [3.05, 3.63) is 88.2 Å². The first kappa shape index (κ1) is 28.1. The van der Waals surface area contributed by atoms with E-state index in [0.717, 1.165) is 17.2 Å². The van der Waals surface area contributed by atoms with Gasteiger partial charge in [-0.05, 0) is 88.9 Å². The number of hydrogen-bond acceptors (Lipinski definition) is 4. The standard InChI is InChI=1S/C30H32F3N3O3/c1-18(2)39-29(38)35-11-7-9-26(24-15-21(5)25(16-27(24)35)30(31,32)33)36(23-8-6-10-34-17-23)28(37)22-13-19(3)12-20(4)14-22/h6,8,10,12-18,26H,7,9,11H2,1-5H3. The average Bonchev–Trinajstić information content (AvgIpc) is 3.02. The van der Waals surface area contributed by atoms with Gasteiger partial charge >= 0.3 is 12.3 Å². The average molecular weight is 540 g/mol. The molecule has 2 aromatic carbocycles. The molecule has 6 nitrogen and oxygen atoms in total. The largest absolute Gasteiger partial charge is 0.446 e. The summed E-state index contributed by atoms with van der Waals surface area (Å²) in [5, 5.41) is 0. The molecule has 0 aliphatic carbocycles. The number of anilines is 2. The second-order valence-corrected chi connectivity index (χ2v) is 10.2. The number of amides is 2. The van der Waals surface area contributed by atoms with Crippen LogP contribution >= 0.6 is 0 Å². The first-order valence-electron chi connectivity index (χ1n) is 12.9. The summed E-state index contributed by atoms with van der Waals surface area (Å²) in [5.41, 5.74) is 2.50. The molecule has 1 atom stereocenters. The van der Waals surface area contributed by atoms with Crippen molar-refractivity contribution in [1.29, 1.82) is 0 Å². The third-order valence-corrected chi connectivity index (χ3v) is 6.67. The van der Waals surface area contributed by atoms with E-state index in [1.807, 2.05) is 19.9 Å². The highest BCUT2D eigenvalue weighted by molar-refractivity contribution is 6.07. The first-order valence-corrected chi connectivity index (χ1v) is 12.9. The molecule has 1 aromatic heterocycles. The quantitative estimate of drug-likeness (QED) is 0.343. The summed E-state index contributed by atoms with van der Waals surface area (Å²) in [6.45, 7) is 8.71. The summed E-state index contributed by atoms with van der Waals surface area (Å²) in [7, 11) is 0. The minimum Gasteiger partial charge on any atom is -0.446 e. The van der Waals surface area contributed by atoms with Crippen molar-refractivity contribution in [1.82, 2.24) is 4.98 Å². The smallest absolute Gasteiger partial charge is 0.416 e. The molecule has 0 saturated carbocycles. The first-order chi connectivity index (χ1) is 18.4. The van der Waals surface area contributed by atoms with Crippen LogP contribution in [-0.2, 0) is 10.9 Å². The number of alkyl halides is 3. The summed E-state index contributed by atoms with van der Waals surface area (Å²) in [6, 6.07) is 10.8. The predicted molar refractivity (Wildman–Crippen MR) is 144 cm³/mol. The molecule has 0 spiro atoms. The maximum atomic E-state index is 14.2. The molecule has 0 saturated heterocycles. The minimum atomic E-state index is -4.62. The van der Waals surface area contributed by atoms with E-state index in [0.29, 0.717) is 29.7 Å². The fourth-order valence-electron chi connectivity index (χ4n) is 5.14. The summed E-state index contributed by atoms with van der Waals surface area (Å²) in [5.74, 6) is -0.304. The monoisotopic (exact) mass is 539 g/mol. The number of carbonyl (C=O) groups excluding carboxylic acids is 2. The fourth-order valence-corrected chi connectivity index (χ4v) is 5.14. The van der Waals surface area contributed by atoms with E-state index in [4.69, 9.17) is 4.74 Å². The molecule has 2 amide bonds. The van der Waals surface area contributed by atoms with Crippen LogP contribution in [0.25, 0.3) is 0 Å². The van der Waals surface area contributed by atoms with Crippen molar-refractivity contribution in [3.63, 3.8) is 0 Å². The second kappa shape index (κ2) is 11.1. The van der Waals surface area contributed by atoms with Crippen molar-refractivity contribution < 1.29 is 27.5 Å². The second-order valence-electron chi connectivity index (χ2n) is 10.2. The summed E-state index contributed by atoms with van der Waals surface area (Å²) < 4.78 is 47.4. The number of ether oxygens (including phenoxy) is 1. The molecule has 39 heavy (non-hydrogen) atoms. The van der Waals surface area contributed by atoms with Gasteiger partial charge in [0.1, 0.15) is 0 Å². The number of fused-ring (bicyclic) bond motifs is 1. The molecule has 9 heteroatoms. The number of halogens is 3. The van der Waals surface area contributed by atoms with Crippen molar-refractivity contribution >= 4 is 23.4 Å². The van der Waals surface area contributed by atoms with Gasteiger partial charge in [0.2, 0.25) is 0 Å². The molecular formula is C30H32F3N3O3. The highest BCUT2D eigenvalue weighted by atomic mass is 19.4. The lowest BCUT2D eigenvalue weighted by molar-refractivity contribution is -0.138. The van der Waals surface area contributed by atoms with E-state index < -0.39 is 30.0 Å². The van der Waals surface area contributed by atoms with E-state index in [1.165, 1.54) is 17.9 Å². The van der Waals surface area contributed by atoms with Crippen LogP contribution in [0, 0.1) is 20.8 Å². The normalized spacial score (nSPS) is 15.5. The summed E-state index contributed by atoms with van der Waals surface area (Å²) >= 11 is 0. The van der Waals surface area contributed by atoms with Gasteiger partial charge in [0.15, 0.2) is 0 Å². The Bertz CT molecular complexity index is 1350. The van der Waals surface area contributed by atoms with Gasteiger partial charge in [-0.1, -0.05) is 23.3 Å². The van der Waals surface area contributed by atoms with Crippen LogP contribution in [0.3, 0.4) is 0 Å². The van der Waals surface area contributed by atoms with Crippen LogP contribution in [0.15, 0.2) is 54.9 Å². The number of rotatable bonds is 4. The van der Waals surface area contributed by atoms with Gasteiger partial charge in [-0.25, -0.2) is 4.79 Å². The molecule has 0 N–H and O–H groups in total. The number of pyridine rings is 1. The zero-order valence-corrected chi connectivity index (χ0v) is 22.7. The van der Waals surface area contributed by atoms with Gasteiger partial charge in [-0.3, -0.25) is 19.6 Å². The number of hydrogen-bond donors (Lipinski definition) is 0. The molecule has 1 aliphatic heterocycles. The van der Waals surface area contributed by atoms with Crippen LogP contribution < -0.4 is 9.80 Å². The maximum Gasteiger partial charge on any atom is 0.416 e. The zero-order valence-electron chi connectivity index (χ0n) is 22.7. The molecule has 2 heterocycles. The predicted octanol–water partition coefficient (Wildman–Crippen LogP) is 7.56. The Morgan fingerprint density at radius 3 is 2.36 bits per heavy atom.